The van der Waals surface area contributed by atoms with E-state index in [4.69, 9.17) is 0 Å². The van der Waals surface area contributed by atoms with Gasteiger partial charge in [0.2, 0.25) is 5.91 Å². The standard InChI is InChI=1S/C24H22N2O2/c27-23(21-14-8-3-9-15-21)18-22(20-12-6-2-7-13-20)25-26-24(28)17-16-19-10-4-1-5-11-19/h1-15H,16-18H2,(H,26,28)/b25-22-. The van der Waals surface area contributed by atoms with Crippen LogP contribution in [0, 0.1) is 0 Å². The van der Waals surface area contributed by atoms with Crippen LogP contribution < -0.4 is 5.43 Å². The van der Waals surface area contributed by atoms with Gasteiger partial charge in [0, 0.05) is 12.0 Å². The molecule has 1 N–H and O–H groups in total. The van der Waals surface area contributed by atoms with Gasteiger partial charge in [-0.25, -0.2) is 5.43 Å². The normalized spacial score (nSPS) is 11.1. The number of carbonyl (C=O) groups excluding carboxylic acids is 2. The quantitative estimate of drug-likeness (QED) is 0.363. The van der Waals surface area contributed by atoms with Crippen LogP contribution in [0.1, 0.15) is 34.3 Å². The number of nitrogens with zero attached hydrogens (tertiary/aromatic N) is 1. The average Bonchev–Trinajstić information content (AvgIpc) is 2.77. The largest absolute Gasteiger partial charge is 0.294 e. The minimum Gasteiger partial charge on any atom is -0.294 e. The van der Waals surface area contributed by atoms with E-state index < -0.39 is 0 Å². The number of Topliss-reactive ketones (excluding diaryl/α,β-unsaturated/α-hetero) is 1. The maximum absolute atomic E-state index is 12.6. The van der Waals surface area contributed by atoms with Crippen molar-refractivity contribution in [2.75, 3.05) is 0 Å². The van der Waals surface area contributed by atoms with Gasteiger partial charge in [-0.2, -0.15) is 5.10 Å². The molecule has 0 aromatic heterocycles. The van der Waals surface area contributed by atoms with Crippen molar-refractivity contribution < 1.29 is 9.59 Å². The lowest BCUT2D eigenvalue weighted by atomic mass is 10.0. The molecule has 0 spiro atoms. The molecule has 1 amide bonds. The number of aryl methyl sites for hydroxylation is 1. The molecule has 0 fully saturated rings. The zero-order chi connectivity index (χ0) is 19.6. The third-order valence-electron chi connectivity index (χ3n) is 4.33. The number of nitrogens with one attached hydrogen (secondary N) is 1. The van der Waals surface area contributed by atoms with Crippen molar-refractivity contribution >= 4 is 17.4 Å². The van der Waals surface area contributed by atoms with Crippen molar-refractivity contribution in [3.63, 3.8) is 0 Å². The van der Waals surface area contributed by atoms with E-state index in [9.17, 15) is 9.59 Å². The van der Waals surface area contributed by atoms with Gasteiger partial charge in [0.1, 0.15) is 0 Å². The van der Waals surface area contributed by atoms with Crippen LogP contribution in [-0.2, 0) is 11.2 Å². The Hall–Kier alpha value is -3.53. The number of carbonyl (C=O) groups is 2. The molecule has 4 nitrogen and oxygen atoms in total. The summed E-state index contributed by atoms with van der Waals surface area (Å²) in [7, 11) is 0. The van der Waals surface area contributed by atoms with E-state index in [-0.39, 0.29) is 18.1 Å². The van der Waals surface area contributed by atoms with Crippen LogP contribution in [0.15, 0.2) is 96.1 Å². The van der Waals surface area contributed by atoms with Crippen LogP contribution in [0.4, 0.5) is 0 Å². The molecule has 0 saturated carbocycles. The first-order valence-corrected chi connectivity index (χ1v) is 9.25. The maximum atomic E-state index is 12.6. The van der Waals surface area contributed by atoms with Gasteiger partial charge in [-0.05, 0) is 17.5 Å². The molecule has 3 aromatic rings. The molecule has 0 aliphatic heterocycles. The lowest BCUT2D eigenvalue weighted by Crippen LogP contribution is -2.21. The van der Waals surface area contributed by atoms with E-state index >= 15 is 0 Å². The number of amides is 1. The SMILES string of the molecule is O=C(CCc1ccccc1)N/N=C(/CC(=O)c1ccccc1)c1ccccc1. The molecule has 0 unspecified atom stereocenters. The fourth-order valence-corrected chi connectivity index (χ4v) is 2.80. The summed E-state index contributed by atoms with van der Waals surface area (Å²) in [6.45, 7) is 0. The van der Waals surface area contributed by atoms with E-state index in [0.717, 1.165) is 11.1 Å². The fourth-order valence-electron chi connectivity index (χ4n) is 2.80. The highest BCUT2D eigenvalue weighted by atomic mass is 16.2. The van der Waals surface area contributed by atoms with Crippen LogP contribution in [-0.4, -0.2) is 17.4 Å². The predicted molar refractivity (Wildman–Crippen MR) is 111 cm³/mol. The highest BCUT2D eigenvalue weighted by Gasteiger charge is 2.13. The summed E-state index contributed by atoms with van der Waals surface area (Å²) in [6, 6.07) is 28.4. The van der Waals surface area contributed by atoms with Gasteiger partial charge >= 0.3 is 0 Å². The van der Waals surface area contributed by atoms with Crippen LogP contribution in [0.25, 0.3) is 0 Å². The second kappa shape index (κ2) is 9.97. The molecule has 0 heterocycles. The Bertz CT molecular complexity index is 936. The highest BCUT2D eigenvalue weighted by Crippen LogP contribution is 2.10. The van der Waals surface area contributed by atoms with Crippen molar-refractivity contribution in [1.29, 1.82) is 0 Å². The van der Waals surface area contributed by atoms with E-state index in [1.165, 1.54) is 0 Å². The van der Waals surface area contributed by atoms with Crippen LogP contribution >= 0.6 is 0 Å². The molecular formula is C24H22N2O2. The molecule has 3 rings (SSSR count). The number of benzene rings is 3. The molecule has 140 valence electrons. The molecular weight excluding hydrogens is 348 g/mol. The molecule has 3 aromatic carbocycles. The summed E-state index contributed by atoms with van der Waals surface area (Å²) in [5.74, 6) is -0.216. The molecule has 0 radical (unpaired) electrons. The second-order valence-electron chi connectivity index (χ2n) is 6.41. The van der Waals surface area contributed by atoms with E-state index in [2.05, 4.69) is 10.5 Å². The van der Waals surface area contributed by atoms with Crippen molar-refractivity contribution in [2.45, 2.75) is 19.3 Å². The van der Waals surface area contributed by atoms with Crippen molar-refractivity contribution in [1.82, 2.24) is 5.43 Å². The van der Waals surface area contributed by atoms with E-state index in [1.54, 1.807) is 12.1 Å². The molecule has 4 heteroatoms. The molecule has 0 aliphatic rings. The average molecular weight is 370 g/mol. The monoisotopic (exact) mass is 370 g/mol. The van der Waals surface area contributed by atoms with Gasteiger partial charge < -0.3 is 0 Å². The summed E-state index contributed by atoms with van der Waals surface area (Å²) in [6.07, 6.45) is 1.10. The van der Waals surface area contributed by atoms with Crippen molar-refractivity contribution in [3.8, 4) is 0 Å². The van der Waals surface area contributed by atoms with Gasteiger partial charge in [0.15, 0.2) is 5.78 Å². The summed E-state index contributed by atoms with van der Waals surface area (Å²) in [4.78, 5) is 24.8. The fraction of sp³-hybridized carbons (Fsp3) is 0.125. The number of hydrogen-bond donors (Lipinski definition) is 1. The zero-order valence-corrected chi connectivity index (χ0v) is 15.5. The van der Waals surface area contributed by atoms with Gasteiger partial charge in [-0.15, -0.1) is 0 Å². The van der Waals surface area contributed by atoms with Gasteiger partial charge in [-0.3, -0.25) is 9.59 Å². The minimum atomic E-state index is -0.176. The van der Waals surface area contributed by atoms with Crippen molar-refractivity contribution in [3.05, 3.63) is 108 Å². The lowest BCUT2D eigenvalue weighted by molar-refractivity contribution is -0.121. The van der Waals surface area contributed by atoms with Crippen LogP contribution in [0.3, 0.4) is 0 Å². The Morgan fingerprint density at radius 2 is 1.25 bits per heavy atom. The smallest absolute Gasteiger partial charge is 0.240 e. The van der Waals surface area contributed by atoms with E-state index in [0.29, 0.717) is 24.1 Å². The Labute approximate surface area is 164 Å². The van der Waals surface area contributed by atoms with Crippen LogP contribution in [0.2, 0.25) is 0 Å². The van der Waals surface area contributed by atoms with Gasteiger partial charge in [0.25, 0.3) is 0 Å². The van der Waals surface area contributed by atoms with Gasteiger partial charge in [0.05, 0.1) is 12.1 Å². The summed E-state index contributed by atoms with van der Waals surface area (Å²) < 4.78 is 0. The number of hydrazone groups is 1. The summed E-state index contributed by atoms with van der Waals surface area (Å²) in [5, 5.41) is 4.27. The molecule has 0 aliphatic carbocycles. The third-order valence-corrected chi connectivity index (χ3v) is 4.33. The third kappa shape index (κ3) is 5.74. The lowest BCUT2D eigenvalue weighted by Gasteiger charge is -2.08. The Morgan fingerprint density at radius 1 is 0.714 bits per heavy atom. The van der Waals surface area contributed by atoms with Crippen molar-refractivity contribution in [2.24, 2.45) is 5.10 Å². The Balaban J connectivity index is 1.68. The predicted octanol–water partition coefficient (Wildman–Crippen LogP) is 4.41. The number of hydrogen-bond acceptors (Lipinski definition) is 3. The maximum Gasteiger partial charge on any atom is 0.240 e. The molecule has 0 saturated heterocycles. The zero-order valence-electron chi connectivity index (χ0n) is 15.5. The Kier molecular flexibility index (Phi) is 6.85. The summed E-state index contributed by atoms with van der Waals surface area (Å²) >= 11 is 0. The Morgan fingerprint density at radius 3 is 1.86 bits per heavy atom. The first-order valence-electron chi connectivity index (χ1n) is 9.25. The molecule has 28 heavy (non-hydrogen) atoms. The minimum absolute atomic E-state index is 0.0401. The van der Waals surface area contributed by atoms with Crippen LogP contribution in [0.5, 0.6) is 0 Å². The van der Waals surface area contributed by atoms with E-state index in [1.807, 2.05) is 78.9 Å². The first-order chi connectivity index (χ1) is 13.7. The molecule has 0 bridgehead atoms. The first kappa shape index (κ1) is 19.2. The summed E-state index contributed by atoms with van der Waals surface area (Å²) in [5.41, 5.74) is 5.69. The van der Waals surface area contributed by atoms with Gasteiger partial charge in [-0.1, -0.05) is 91.0 Å². The molecule has 0 atom stereocenters. The topological polar surface area (TPSA) is 58.5 Å². The second-order valence-corrected chi connectivity index (χ2v) is 6.41. The number of rotatable bonds is 8. The number of ketones is 1. The highest BCUT2D eigenvalue weighted by molar-refractivity contribution is 6.15.